The van der Waals surface area contributed by atoms with Crippen LogP contribution < -0.4 is 4.74 Å². The maximum absolute atomic E-state index is 12.9. The van der Waals surface area contributed by atoms with Crippen molar-refractivity contribution in [1.82, 2.24) is 9.80 Å². The lowest BCUT2D eigenvalue weighted by Gasteiger charge is -2.33. The Hall–Kier alpha value is -3.01. The van der Waals surface area contributed by atoms with Crippen LogP contribution in [-0.2, 0) is 20.9 Å². The summed E-state index contributed by atoms with van der Waals surface area (Å²) in [4.78, 5) is 39.3. The van der Waals surface area contributed by atoms with Gasteiger partial charge < -0.3 is 24.4 Å². The van der Waals surface area contributed by atoms with Crippen LogP contribution in [0.2, 0.25) is 0 Å². The first-order chi connectivity index (χ1) is 14.0. The van der Waals surface area contributed by atoms with Crippen molar-refractivity contribution in [3.63, 3.8) is 0 Å². The number of nitrogens with one attached hydrogen (secondary N) is 1. The highest BCUT2D eigenvalue weighted by atomic mass is 16.5. The number of hydrogen-bond donors (Lipinski definition) is 2. The molecule has 10 nitrogen and oxygen atoms in total. The van der Waals surface area contributed by atoms with E-state index in [0.29, 0.717) is 43.8 Å². The van der Waals surface area contributed by atoms with E-state index >= 15 is 0 Å². The second-order valence-corrected chi connectivity index (χ2v) is 7.01. The number of carbonyl (C=O) groups excluding carboxylic acids is 2. The normalized spacial score (nSPS) is 17.3. The monoisotopic (exact) mass is 404 g/mol. The molecule has 1 aromatic rings. The number of carboxylic acids is 1. The molecule has 0 radical (unpaired) electrons. The first-order valence-corrected chi connectivity index (χ1v) is 9.47. The summed E-state index contributed by atoms with van der Waals surface area (Å²) < 4.78 is 11.0. The number of benzene rings is 1. The van der Waals surface area contributed by atoms with E-state index < -0.39 is 5.97 Å². The molecule has 0 saturated carbocycles. The fraction of sp³-hybridized carbons (Fsp3) is 0.526. The Balaban J connectivity index is 1.57. The Kier molecular flexibility index (Phi) is 6.76. The van der Waals surface area contributed by atoms with Crippen LogP contribution in [0, 0.1) is 5.53 Å². The van der Waals surface area contributed by atoms with Gasteiger partial charge in [0.15, 0.2) is 0 Å². The Morgan fingerprint density at radius 1 is 1.28 bits per heavy atom. The molecule has 1 fully saturated rings. The second-order valence-electron chi connectivity index (χ2n) is 7.01. The Bertz CT molecular complexity index is 791. The molecule has 29 heavy (non-hydrogen) atoms. The fourth-order valence-electron chi connectivity index (χ4n) is 3.47. The van der Waals surface area contributed by atoms with Crippen molar-refractivity contribution in [2.45, 2.75) is 25.5 Å². The highest BCUT2D eigenvalue weighted by Gasteiger charge is 2.29. The average molecular weight is 404 g/mol. The molecule has 2 aliphatic heterocycles. The zero-order chi connectivity index (χ0) is 20.8. The highest BCUT2D eigenvalue weighted by Crippen LogP contribution is 2.25. The van der Waals surface area contributed by atoms with E-state index in [1.54, 1.807) is 23.1 Å². The number of aliphatic carboxylic acids is 1. The van der Waals surface area contributed by atoms with E-state index in [2.05, 4.69) is 5.11 Å². The molecule has 1 saturated heterocycles. The van der Waals surface area contributed by atoms with Crippen LogP contribution >= 0.6 is 0 Å². The van der Waals surface area contributed by atoms with E-state index in [9.17, 15) is 14.4 Å². The topological polar surface area (TPSA) is 133 Å². The van der Waals surface area contributed by atoms with Crippen molar-refractivity contribution in [1.29, 1.82) is 5.53 Å². The van der Waals surface area contributed by atoms with Gasteiger partial charge in [0, 0.05) is 13.1 Å². The molecule has 0 atom stereocenters. The molecular weight excluding hydrogens is 380 g/mol. The summed E-state index contributed by atoms with van der Waals surface area (Å²) >= 11 is 0. The lowest BCUT2D eigenvalue weighted by molar-refractivity contribution is -0.147. The van der Waals surface area contributed by atoms with Gasteiger partial charge in [-0.05, 0) is 30.5 Å². The van der Waals surface area contributed by atoms with Gasteiger partial charge in [0.1, 0.15) is 25.5 Å². The van der Waals surface area contributed by atoms with Crippen LogP contribution in [0.1, 0.15) is 28.8 Å². The maximum Gasteiger partial charge on any atom is 0.329 e. The average Bonchev–Trinajstić information content (AvgIpc) is 2.86. The van der Waals surface area contributed by atoms with Crippen molar-refractivity contribution in [2.24, 2.45) is 5.11 Å². The number of rotatable bonds is 7. The van der Waals surface area contributed by atoms with E-state index in [0.717, 1.165) is 5.56 Å². The SMILES string of the molecule is N=NCc1ccc2c(c1)OCCN(CC(=O)N1CCC(OCC(=O)O)CC1)C2=O. The van der Waals surface area contributed by atoms with Gasteiger partial charge in [0.05, 0.1) is 24.8 Å². The Morgan fingerprint density at radius 3 is 2.72 bits per heavy atom. The summed E-state index contributed by atoms with van der Waals surface area (Å²) in [5.41, 5.74) is 8.13. The molecule has 2 amide bonds. The molecule has 0 unspecified atom stereocenters. The van der Waals surface area contributed by atoms with E-state index in [1.165, 1.54) is 4.90 Å². The van der Waals surface area contributed by atoms with Crippen molar-refractivity contribution in [3.05, 3.63) is 29.3 Å². The molecule has 0 spiro atoms. The van der Waals surface area contributed by atoms with Crippen LogP contribution in [0.4, 0.5) is 0 Å². The molecule has 1 aromatic carbocycles. The van der Waals surface area contributed by atoms with Gasteiger partial charge in [-0.25, -0.2) is 10.3 Å². The second kappa shape index (κ2) is 9.46. The lowest BCUT2D eigenvalue weighted by atomic mass is 10.1. The molecule has 0 aromatic heterocycles. The third-order valence-electron chi connectivity index (χ3n) is 5.01. The smallest absolute Gasteiger partial charge is 0.329 e. The van der Waals surface area contributed by atoms with Crippen LogP contribution in [0.5, 0.6) is 5.75 Å². The number of hydrogen-bond acceptors (Lipinski definition) is 7. The molecule has 0 bridgehead atoms. The lowest BCUT2D eigenvalue weighted by Crippen LogP contribution is -2.47. The van der Waals surface area contributed by atoms with E-state index in [1.807, 2.05) is 0 Å². The van der Waals surface area contributed by atoms with Gasteiger partial charge in [0.25, 0.3) is 5.91 Å². The highest BCUT2D eigenvalue weighted by molar-refractivity contribution is 5.99. The van der Waals surface area contributed by atoms with Gasteiger partial charge >= 0.3 is 5.97 Å². The standard InChI is InChI=1S/C19H24N4O6/c20-21-10-13-1-2-15-16(9-13)28-8-7-23(19(15)27)11-17(24)22-5-3-14(4-6-22)29-12-18(25)26/h1-2,9,14,20H,3-8,10-12H2,(H,25,26). The van der Waals surface area contributed by atoms with Gasteiger partial charge in [0.2, 0.25) is 5.91 Å². The number of carbonyl (C=O) groups is 3. The molecule has 2 heterocycles. The summed E-state index contributed by atoms with van der Waals surface area (Å²) in [5.74, 6) is -0.975. The molecular formula is C19H24N4O6. The predicted molar refractivity (Wildman–Crippen MR) is 99.9 cm³/mol. The zero-order valence-electron chi connectivity index (χ0n) is 16.0. The zero-order valence-corrected chi connectivity index (χ0v) is 16.0. The van der Waals surface area contributed by atoms with Crippen molar-refractivity contribution >= 4 is 17.8 Å². The predicted octanol–water partition coefficient (Wildman–Crippen LogP) is 1.14. The van der Waals surface area contributed by atoms with Crippen LogP contribution in [-0.4, -0.2) is 78.2 Å². The number of likely N-dealkylation sites (tertiary alicyclic amines) is 1. The van der Waals surface area contributed by atoms with Gasteiger partial charge in [-0.2, -0.15) is 5.11 Å². The molecule has 10 heteroatoms. The summed E-state index contributed by atoms with van der Waals surface area (Å²) in [6, 6.07) is 5.08. The largest absolute Gasteiger partial charge is 0.491 e. The van der Waals surface area contributed by atoms with E-state index in [-0.39, 0.29) is 44.2 Å². The molecule has 2 aliphatic rings. The minimum absolute atomic E-state index is 0.0356. The quantitative estimate of drug-likeness (QED) is 0.655. The number of piperidine rings is 1. The number of carboxylic acid groups (broad SMARTS) is 1. The molecule has 0 aliphatic carbocycles. The van der Waals surface area contributed by atoms with Crippen LogP contribution in [0.15, 0.2) is 23.3 Å². The van der Waals surface area contributed by atoms with Crippen LogP contribution in [0.25, 0.3) is 0 Å². The first-order valence-electron chi connectivity index (χ1n) is 9.47. The third kappa shape index (κ3) is 5.29. The fourth-order valence-corrected chi connectivity index (χ4v) is 3.47. The summed E-state index contributed by atoms with van der Waals surface area (Å²) in [6.07, 6.45) is 0.978. The van der Waals surface area contributed by atoms with Gasteiger partial charge in [-0.1, -0.05) is 6.07 Å². The van der Waals surface area contributed by atoms with Crippen molar-refractivity contribution in [2.75, 3.05) is 39.4 Å². The maximum atomic E-state index is 12.9. The number of nitrogens with zero attached hydrogens (tertiary/aromatic N) is 3. The molecule has 3 rings (SSSR count). The van der Waals surface area contributed by atoms with Crippen molar-refractivity contribution < 1.29 is 29.0 Å². The molecule has 2 N–H and O–H groups in total. The summed E-state index contributed by atoms with van der Waals surface area (Å²) in [6.45, 7) is 1.37. The minimum atomic E-state index is -1.01. The minimum Gasteiger partial charge on any atom is -0.491 e. The first kappa shape index (κ1) is 20.7. The summed E-state index contributed by atoms with van der Waals surface area (Å²) in [7, 11) is 0. The third-order valence-corrected chi connectivity index (χ3v) is 5.01. The van der Waals surface area contributed by atoms with Crippen LogP contribution in [0.3, 0.4) is 0 Å². The van der Waals surface area contributed by atoms with E-state index in [4.69, 9.17) is 20.1 Å². The number of fused-ring (bicyclic) bond motifs is 1. The van der Waals surface area contributed by atoms with Gasteiger partial charge in [-0.15, -0.1) is 0 Å². The van der Waals surface area contributed by atoms with Gasteiger partial charge in [-0.3, -0.25) is 9.59 Å². The number of ether oxygens (including phenoxy) is 2. The molecule has 156 valence electrons. The Labute approximate surface area is 167 Å². The van der Waals surface area contributed by atoms with Crippen molar-refractivity contribution in [3.8, 4) is 5.75 Å². The number of amides is 2. The summed E-state index contributed by atoms with van der Waals surface area (Å²) in [5, 5.41) is 12.0. The Morgan fingerprint density at radius 2 is 2.03 bits per heavy atom.